The first-order valence-corrected chi connectivity index (χ1v) is 7.04. The van der Waals surface area contributed by atoms with Crippen LogP contribution in [0.1, 0.15) is 11.1 Å². The standard InChI is InChI=1S/C17H15N5O2/c18-16(19)9-1-3-11(13(23)7-9)14-5-6-15(24-14)12-4-2-10(8-22-12)17(20)21/h1-8,23H,(H3,18,19)(H3,20,21). The molecule has 7 heteroatoms. The average Bonchev–Trinajstić information content (AvgIpc) is 3.04. The van der Waals surface area contributed by atoms with E-state index in [1.165, 1.54) is 12.3 Å². The lowest BCUT2D eigenvalue weighted by Gasteiger charge is -2.04. The van der Waals surface area contributed by atoms with Gasteiger partial charge in [-0.15, -0.1) is 0 Å². The molecule has 0 saturated heterocycles. The quantitative estimate of drug-likeness (QED) is 0.369. The highest BCUT2D eigenvalue weighted by Gasteiger charge is 2.12. The lowest BCUT2D eigenvalue weighted by atomic mass is 10.1. The highest BCUT2D eigenvalue weighted by molar-refractivity contribution is 5.96. The van der Waals surface area contributed by atoms with Gasteiger partial charge in [-0.05, 0) is 36.4 Å². The van der Waals surface area contributed by atoms with Crippen LogP contribution in [0.15, 0.2) is 53.1 Å². The van der Waals surface area contributed by atoms with Gasteiger partial charge in [0, 0.05) is 17.3 Å². The lowest BCUT2D eigenvalue weighted by molar-refractivity contribution is 0.474. The Kier molecular flexibility index (Phi) is 3.75. The number of nitrogens with zero attached hydrogens (tertiary/aromatic N) is 1. The van der Waals surface area contributed by atoms with E-state index in [9.17, 15) is 5.11 Å². The Bertz CT molecular complexity index is 928. The summed E-state index contributed by atoms with van der Waals surface area (Å²) in [6.45, 7) is 0. The van der Waals surface area contributed by atoms with Crippen LogP contribution in [0.25, 0.3) is 22.8 Å². The monoisotopic (exact) mass is 321 g/mol. The van der Waals surface area contributed by atoms with Gasteiger partial charge in [-0.3, -0.25) is 15.8 Å². The fourth-order valence-electron chi connectivity index (χ4n) is 2.23. The molecule has 7 nitrogen and oxygen atoms in total. The van der Waals surface area contributed by atoms with Crippen LogP contribution in [-0.2, 0) is 0 Å². The Hall–Kier alpha value is -3.61. The normalized spacial score (nSPS) is 10.5. The minimum Gasteiger partial charge on any atom is -0.507 e. The van der Waals surface area contributed by atoms with Crippen LogP contribution in [-0.4, -0.2) is 21.8 Å². The molecular formula is C17H15N5O2. The summed E-state index contributed by atoms with van der Waals surface area (Å²) >= 11 is 0. The minimum absolute atomic E-state index is 0.0245. The number of hydrogen-bond donors (Lipinski definition) is 5. The van der Waals surface area contributed by atoms with Crippen LogP contribution in [0.2, 0.25) is 0 Å². The van der Waals surface area contributed by atoms with Crippen molar-refractivity contribution in [3.8, 4) is 28.5 Å². The van der Waals surface area contributed by atoms with Crippen molar-refractivity contribution in [2.24, 2.45) is 11.5 Å². The summed E-state index contributed by atoms with van der Waals surface area (Å²) in [5.74, 6) is 0.796. The maximum absolute atomic E-state index is 10.1. The zero-order valence-corrected chi connectivity index (χ0v) is 12.6. The topological polar surface area (TPSA) is 146 Å². The number of pyridine rings is 1. The molecule has 0 aliphatic carbocycles. The number of benzene rings is 1. The van der Waals surface area contributed by atoms with Gasteiger partial charge < -0.3 is 21.0 Å². The molecule has 0 fully saturated rings. The van der Waals surface area contributed by atoms with Crippen molar-refractivity contribution < 1.29 is 9.52 Å². The minimum atomic E-state index is -0.119. The summed E-state index contributed by atoms with van der Waals surface area (Å²) in [4.78, 5) is 4.22. The molecule has 2 aromatic heterocycles. The molecule has 0 unspecified atom stereocenters. The molecule has 0 amide bonds. The maximum Gasteiger partial charge on any atom is 0.153 e. The number of nitrogens with two attached hydrogens (primary N) is 2. The van der Waals surface area contributed by atoms with E-state index in [2.05, 4.69) is 4.98 Å². The largest absolute Gasteiger partial charge is 0.507 e. The van der Waals surface area contributed by atoms with Crippen molar-refractivity contribution in [2.75, 3.05) is 0 Å². The second kappa shape index (κ2) is 5.88. The second-order valence-corrected chi connectivity index (χ2v) is 5.16. The van der Waals surface area contributed by atoms with Crippen LogP contribution < -0.4 is 11.5 Å². The summed E-state index contributed by atoms with van der Waals surface area (Å²) in [5.41, 5.74) is 12.8. The van der Waals surface area contributed by atoms with E-state index in [1.54, 1.807) is 36.4 Å². The van der Waals surface area contributed by atoms with Gasteiger partial charge in [0.25, 0.3) is 0 Å². The molecule has 3 aromatic rings. The molecule has 1 aromatic carbocycles. The third-order valence-corrected chi connectivity index (χ3v) is 3.51. The SMILES string of the molecule is N=C(N)c1ccc(-c2ccc(-c3ccc(C(=N)N)cc3O)o2)nc1. The van der Waals surface area contributed by atoms with Gasteiger partial charge in [0.05, 0.1) is 5.56 Å². The van der Waals surface area contributed by atoms with E-state index in [-0.39, 0.29) is 17.4 Å². The Morgan fingerprint density at radius 3 is 2.17 bits per heavy atom. The van der Waals surface area contributed by atoms with E-state index in [0.29, 0.717) is 33.9 Å². The van der Waals surface area contributed by atoms with Crippen LogP contribution in [0.4, 0.5) is 0 Å². The maximum atomic E-state index is 10.1. The Morgan fingerprint density at radius 1 is 0.917 bits per heavy atom. The van der Waals surface area contributed by atoms with Crippen LogP contribution in [0.5, 0.6) is 5.75 Å². The van der Waals surface area contributed by atoms with Gasteiger partial charge in [-0.1, -0.05) is 6.07 Å². The first kappa shape index (κ1) is 15.3. The molecule has 3 rings (SSSR count). The van der Waals surface area contributed by atoms with Crippen molar-refractivity contribution in [1.29, 1.82) is 10.8 Å². The number of hydrogen-bond acceptors (Lipinski definition) is 5. The zero-order chi connectivity index (χ0) is 17.3. The van der Waals surface area contributed by atoms with Gasteiger partial charge in [0.1, 0.15) is 28.9 Å². The van der Waals surface area contributed by atoms with Gasteiger partial charge in [0.15, 0.2) is 5.76 Å². The third kappa shape index (κ3) is 2.82. The number of nitrogens with one attached hydrogen (secondary N) is 2. The fourth-order valence-corrected chi connectivity index (χ4v) is 2.23. The number of furan rings is 1. The van der Waals surface area contributed by atoms with E-state index >= 15 is 0 Å². The van der Waals surface area contributed by atoms with Gasteiger partial charge >= 0.3 is 0 Å². The molecule has 2 heterocycles. The molecule has 0 aliphatic rings. The number of phenols is 1. The molecule has 120 valence electrons. The predicted octanol–water partition coefficient (Wildman–Crippen LogP) is 2.28. The van der Waals surface area contributed by atoms with E-state index in [0.717, 1.165) is 0 Å². The average molecular weight is 321 g/mol. The summed E-state index contributed by atoms with van der Waals surface area (Å²) in [6, 6.07) is 11.5. The zero-order valence-electron chi connectivity index (χ0n) is 12.6. The van der Waals surface area contributed by atoms with E-state index in [1.807, 2.05) is 0 Å². The molecule has 0 radical (unpaired) electrons. The van der Waals surface area contributed by atoms with Gasteiger partial charge in [0.2, 0.25) is 0 Å². The predicted molar refractivity (Wildman–Crippen MR) is 91.1 cm³/mol. The van der Waals surface area contributed by atoms with Crippen molar-refractivity contribution in [1.82, 2.24) is 4.98 Å². The van der Waals surface area contributed by atoms with E-state index in [4.69, 9.17) is 26.7 Å². The smallest absolute Gasteiger partial charge is 0.153 e. The van der Waals surface area contributed by atoms with Gasteiger partial charge in [-0.25, -0.2) is 0 Å². The summed E-state index contributed by atoms with van der Waals surface area (Å²) in [6.07, 6.45) is 1.50. The number of nitrogen functional groups attached to an aromatic ring is 2. The molecule has 0 bridgehead atoms. The van der Waals surface area contributed by atoms with Crippen LogP contribution >= 0.6 is 0 Å². The molecule has 0 saturated carbocycles. The first-order valence-electron chi connectivity index (χ1n) is 7.04. The summed E-state index contributed by atoms with van der Waals surface area (Å²) in [7, 11) is 0. The number of amidine groups is 2. The van der Waals surface area contributed by atoms with Crippen molar-refractivity contribution in [3.05, 3.63) is 59.8 Å². The molecule has 0 spiro atoms. The Balaban J connectivity index is 1.93. The molecule has 24 heavy (non-hydrogen) atoms. The Morgan fingerprint density at radius 2 is 1.58 bits per heavy atom. The molecule has 0 aliphatic heterocycles. The number of phenolic OH excluding ortho intramolecular Hbond substituents is 1. The Labute approximate surface area is 137 Å². The highest BCUT2D eigenvalue weighted by atomic mass is 16.3. The fraction of sp³-hybridized carbons (Fsp3) is 0. The number of aromatic nitrogens is 1. The molecular weight excluding hydrogens is 306 g/mol. The van der Waals surface area contributed by atoms with Crippen molar-refractivity contribution in [3.63, 3.8) is 0 Å². The lowest BCUT2D eigenvalue weighted by Crippen LogP contribution is -2.11. The van der Waals surface area contributed by atoms with Crippen LogP contribution in [0.3, 0.4) is 0 Å². The summed E-state index contributed by atoms with van der Waals surface area (Å²) in [5, 5.41) is 24.8. The first-order chi connectivity index (χ1) is 11.5. The summed E-state index contributed by atoms with van der Waals surface area (Å²) < 4.78 is 5.74. The third-order valence-electron chi connectivity index (χ3n) is 3.51. The second-order valence-electron chi connectivity index (χ2n) is 5.16. The van der Waals surface area contributed by atoms with Gasteiger partial charge in [-0.2, -0.15) is 0 Å². The van der Waals surface area contributed by atoms with Crippen LogP contribution in [0, 0.1) is 10.8 Å². The number of rotatable bonds is 4. The molecule has 0 atom stereocenters. The van der Waals surface area contributed by atoms with Crippen molar-refractivity contribution in [2.45, 2.75) is 0 Å². The van der Waals surface area contributed by atoms with E-state index < -0.39 is 0 Å². The molecule has 7 N–H and O–H groups in total. The highest BCUT2D eigenvalue weighted by Crippen LogP contribution is 2.33. The van der Waals surface area contributed by atoms with Crippen molar-refractivity contribution >= 4 is 11.7 Å². The number of aromatic hydroxyl groups is 1.